The monoisotopic (exact) mass is 330 g/mol. The molecule has 0 aromatic heterocycles. The van der Waals surface area contributed by atoms with Gasteiger partial charge in [0.05, 0.1) is 0 Å². The van der Waals surface area contributed by atoms with E-state index in [9.17, 15) is 18.1 Å². The Bertz CT molecular complexity index is 671. The van der Waals surface area contributed by atoms with Crippen molar-refractivity contribution in [2.75, 3.05) is 0 Å². The van der Waals surface area contributed by atoms with Gasteiger partial charge in [0.2, 0.25) is 0 Å². The van der Waals surface area contributed by atoms with E-state index >= 15 is 0 Å². The Morgan fingerprint density at radius 3 is 2.14 bits per heavy atom. The molecule has 0 aliphatic rings. The molecule has 2 aromatic carbocycles. The summed E-state index contributed by atoms with van der Waals surface area (Å²) in [5.41, 5.74) is -0.336. The fourth-order valence-corrected chi connectivity index (χ4v) is 2.16. The number of ether oxygens (including phenoxy) is 1. The molecule has 1 atom stereocenters. The Kier molecular flexibility index (Phi) is 7.55. The minimum Gasteiger partial charge on any atom is -0.746 e. The van der Waals surface area contributed by atoms with E-state index in [4.69, 9.17) is 4.74 Å². The van der Waals surface area contributed by atoms with Crippen LogP contribution in [0.15, 0.2) is 54.6 Å². The fraction of sp³-hybridized carbons (Fsp3) is 0.200. The fourth-order valence-electron chi connectivity index (χ4n) is 1.77. The first-order chi connectivity index (χ1) is 9.95. The smallest absolute Gasteiger partial charge is 0.746 e. The second-order valence-corrected chi connectivity index (χ2v) is 6.10. The molecule has 22 heavy (non-hydrogen) atoms. The van der Waals surface area contributed by atoms with Gasteiger partial charge < -0.3 is 14.4 Å². The summed E-state index contributed by atoms with van der Waals surface area (Å²) in [7, 11) is -4.68. The molecule has 0 bridgehead atoms. The number of hydrogen-bond acceptors (Lipinski definition) is 5. The maximum atomic E-state index is 10.6. The van der Waals surface area contributed by atoms with Gasteiger partial charge in [0.25, 0.3) is 0 Å². The van der Waals surface area contributed by atoms with Crippen LogP contribution in [0.4, 0.5) is 0 Å². The summed E-state index contributed by atoms with van der Waals surface area (Å²) in [6.07, 6.45) is -0.231. The van der Waals surface area contributed by atoms with Crippen LogP contribution in [0, 0.1) is 0 Å². The Balaban J connectivity index is 0.00000242. The second-order valence-electron chi connectivity index (χ2n) is 4.57. The van der Waals surface area contributed by atoms with E-state index in [1.807, 2.05) is 30.3 Å². The molecule has 0 spiro atoms. The van der Waals surface area contributed by atoms with E-state index in [1.54, 1.807) is 24.3 Å². The number of hydrogen-bond donors (Lipinski definition) is 1. The third kappa shape index (κ3) is 6.08. The third-order valence-electron chi connectivity index (χ3n) is 2.92. The van der Waals surface area contributed by atoms with Crippen LogP contribution in [0.5, 0.6) is 5.75 Å². The zero-order chi connectivity index (χ0) is 15.3. The summed E-state index contributed by atoms with van der Waals surface area (Å²) in [5, 5.41) is 9.23. The normalized spacial score (nSPS) is 12.3. The zero-order valence-corrected chi connectivity index (χ0v) is 15.0. The van der Waals surface area contributed by atoms with Gasteiger partial charge in [-0.05, 0) is 23.3 Å². The van der Waals surface area contributed by atoms with E-state index in [0.717, 1.165) is 5.56 Å². The van der Waals surface area contributed by atoms with Crippen molar-refractivity contribution in [2.24, 2.45) is 0 Å². The van der Waals surface area contributed by atoms with Crippen molar-refractivity contribution in [3.63, 3.8) is 0 Å². The third-order valence-corrected chi connectivity index (χ3v) is 3.75. The van der Waals surface area contributed by atoms with Gasteiger partial charge in [-0.1, -0.05) is 42.5 Å². The summed E-state index contributed by atoms with van der Waals surface area (Å²) in [4.78, 5) is 0. The van der Waals surface area contributed by atoms with Crippen LogP contribution >= 0.6 is 0 Å². The summed E-state index contributed by atoms with van der Waals surface area (Å²) in [5.74, 6) is 0.627. The van der Waals surface area contributed by atoms with Crippen LogP contribution in [0.1, 0.15) is 11.1 Å². The average molecular weight is 330 g/mol. The van der Waals surface area contributed by atoms with Crippen molar-refractivity contribution in [1.82, 2.24) is 0 Å². The van der Waals surface area contributed by atoms with Crippen LogP contribution in [0.25, 0.3) is 0 Å². The van der Waals surface area contributed by atoms with E-state index in [0.29, 0.717) is 17.9 Å². The predicted molar refractivity (Wildman–Crippen MR) is 76.6 cm³/mol. The van der Waals surface area contributed by atoms with Gasteiger partial charge in [-0.15, -0.1) is 0 Å². The first-order valence-corrected chi connectivity index (χ1v) is 7.81. The number of aliphatic hydroxyl groups excluding tert-OH is 1. The largest absolute Gasteiger partial charge is 1.00 e. The quantitative estimate of drug-likeness (QED) is 0.524. The Labute approximate surface area is 152 Å². The minimum atomic E-state index is -4.68. The number of benzene rings is 2. The molecule has 7 heteroatoms. The zero-order valence-electron chi connectivity index (χ0n) is 12.2. The summed E-state index contributed by atoms with van der Waals surface area (Å²) in [6, 6.07) is 16.2. The minimum absolute atomic E-state index is 0. The molecular formula is C15H15NaO5S. The number of rotatable bonds is 6. The van der Waals surface area contributed by atoms with Gasteiger partial charge in [-0.3, -0.25) is 0 Å². The van der Waals surface area contributed by atoms with Crippen LogP contribution in [0.2, 0.25) is 0 Å². The van der Waals surface area contributed by atoms with E-state index in [1.165, 1.54) is 0 Å². The first-order valence-electron chi connectivity index (χ1n) is 6.33. The topological polar surface area (TPSA) is 86.7 Å². The van der Waals surface area contributed by atoms with Crippen LogP contribution in [-0.2, 0) is 23.1 Å². The molecule has 0 fully saturated rings. The molecule has 2 aromatic rings. The maximum absolute atomic E-state index is 10.6. The molecular weight excluding hydrogens is 315 g/mol. The van der Waals surface area contributed by atoms with Crippen molar-refractivity contribution in [3.8, 4) is 5.75 Å². The summed E-state index contributed by atoms with van der Waals surface area (Å²) in [6.45, 7) is 0.428. The van der Waals surface area contributed by atoms with Gasteiger partial charge in [-0.25, -0.2) is 8.42 Å². The van der Waals surface area contributed by atoms with Crippen LogP contribution < -0.4 is 34.3 Å². The van der Waals surface area contributed by atoms with Crippen molar-refractivity contribution >= 4 is 10.1 Å². The second kappa shape index (κ2) is 8.67. The number of aliphatic hydroxyl groups is 1. The Morgan fingerprint density at radius 2 is 1.59 bits per heavy atom. The van der Waals surface area contributed by atoms with Gasteiger partial charge in [-0.2, -0.15) is 0 Å². The SMILES string of the molecule is O=S(=O)([O-])C(O)Cc1ccc(OCc2ccccc2)cc1.[Na+]. The summed E-state index contributed by atoms with van der Waals surface area (Å²) < 4.78 is 37.5. The van der Waals surface area contributed by atoms with Crippen LogP contribution in [-0.4, -0.2) is 23.5 Å². The molecule has 0 saturated heterocycles. The predicted octanol–water partition coefficient (Wildman–Crippen LogP) is -1.32. The first kappa shape index (κ1) is 19.2. The van der Waals surface area contributed by atoms with Crippen molar-refractivity contribution in [2.45, 2.75) is 18.5 Å². The van der Waals surface area contributed by atoms with E-state index in [2.05, 4.69) is 0 Å². The molecule has 0 amide bonds. The van der Waals surface area contributed by atoms with E-state index < -0.39 is 15.6 Å². The van der Waals surface area contributed by atoms with Crippen LogP contribution in [0.3, 0.4) is 0 Å². The molecule has 5 nitrogen and oxygen atoms in total. The summed E-state index contributed by atoms with van der Waals surface area (Å²) >= 11 is 0. The Morgan fingerprint density at radius 1 is 1.00 bits per heavy atom. The molecule has 112 valence electrons. The Hall–Kier alpha value is -0.890. The van der Waals surface area contributed by atoms with Crippen molar-refractivity contribution in [1.29, 1.82) is 0 Å². The molecule has 0 aliphatic carbocycles. The standard InChI is InChI=1S/C15H16O5S.Na/c16-15(21(17,18)19)10-12-6-8-14(9-7-12)20-11-13-4-2-1-3-5-13;/h1-9,15-16H,10-11H2,(H,17,18,19);/q;+1/p-1. The molecule has 2 rings (SSSR count). The van der Waals surface area contributed by atoms with Crippen molar-refractivity contribution < 1.29 is 52.4 Å². The molecule has 0 heterocycles. The average Bonchev–Trinajstić information content (AvgIpc) is 2.46. The van der Waals surface area contributed by atoms with Gasteiger partial charge in [0, 0.05) is 6.42 Å². The molecule has 1 unspecified atom stereocenters. The molecule has 1 N–H and O–H groups in total. The van der Waals surface area contributed by atoms with E-state index in [-0.39, 0.29) is 36.0 Å². The molecule has 0 saturated carbocycles. The van der Waals surface area contributed by atoms with Gasteiger partial charge in [0.15, 0.2) is 0 Å². The molecule has 0 radical (unpaired) electrons. The van der Waals surface area contributed by atoms with Crippen molar-refractivity contribution in [3.05, 3.63) is 65.7 Å². The maximum Gasteiger partial charge on any atom is 1.00 e. The van der Waals surface area contributed by atoms with Gasteiger partial charge in [0.1, 0.15) is 27.9 Å². The van der Waals surface area contributed by atoms with Gasteiger partial charge >= 0.3 is 29.6 Å². The molecule has 0 aliphatic heterocycles.